The van der Waals surface area contributed by atoms with Gasteiger partial charge in [0.1, 0.15) is 6.61 Å². The highest BCUT2D eigenvalue weighted by Crippen LogP contribution is 2.28. The zero-order chi connectivity index (χ0) is 11.5. The Bertz CT molecular complexity index is 389. The summed E-state index contributed by atoms with van der Waals surface area (Å²) >= 11 is 0. The third kappa shape index (κ3) is 2.42. The first kappa shape index (κ1) is 11.0. The second-order valence-electron chi connectivity index (χ2n) is 4.61. The fraction of sp³-hybridized carbons (Fsp3) is 0.615. The van der Waals surface area contributed by atoms with E-state index in [1.807, 2.05) is 0 Å². The molecule has 4 heteroatoms. The van der Waals surface area contributed by atoms with Crippen LogP contribution in [0.25, 0.3) is 0 Å². The molecule has 2 aliphatic rings. The lowest BCUT2D eigenvalue weighted by Gasteiger charge is -2.22. The van der Waals surface area contributed by atoms with Crippen molar-refractivity contribution in [1.29, 1.82) is 0 Å². The first-order chi connectivity index (χ1) is 8.43. The van der Waals surface area contributed by atoms with Gasteiger partial charge >= 0.3 is 0 Å². The van der Waals surface area contributed by atoms with E-state index in [0.717, 1.165) is 50.7 Å². The minimum Gasteiger partial charge on any atom is -0.476 e. The van der Waals surface area contributed by atoms with Crippen LogP contribution in [-0.2, 0) is 11.3 Å². The van der Waals surface area contributed by atoms with E-state index in [4.69, 9.17) is 9.47 Å². The highest BCUT2D eigenvalue weighted by atomic mass is 16.5. The molecule has 4 nitrogen and oxygen atoms in total. The number of hydrogen-bond donors (Lipinski definition) is 1. The highest BCUT2D eigenvalue weighted by Gasteiger charge is 2.19. The molecule has 0 saturated carbocycles. The Hall–Kier alpha value is -1.13. The van der Waals surface area contributed by atoms with Gasteiger partial charge in [-0.1, -0.05) is 6.07 Å². The summed E-state index contributed by atoms with van der Waals surface area (Å²) in [5.74, 6) is 1.35. The Labute approximate surface area is 101 Å². The van der Waals surface area contributed by atoms with Crippen LogP contribution in [0.4, 0.5) is 0 Å². The zero-order valence-electron chi connectivity index (χ0n) is 9.95. The average Bonchev–Trinajstić information content (AvgIpc) is 2.64. The van der Waals surface area contributed by atoms with Gasteiger partial charge in [0.25, 0.3) is 0 Å². The number of pyridine rings is 1. The second-order valence-corrected chi connectivity index (χ2v) is 4.61. The fourth-order valence-corrected chi connectivity index (χ4v) is 2.41. The summed E-state index contributed by atoms with van der Waals surface area (Å²) < 4.78 is 11.1. The number of fused-ring (bicyclic) bond motifs is 1. The average molecular weight is 234 g/mol. The molecular formula is C13H18N2O2. The van der Waals surface area contributed by atoms with Crippen LogP contribution < -0.4 is 10.1 Å². The lowest BCUT2D eigenvalue weighted by atomic mass is 9.95. The van der Waals surface area contributed by atoms with Crippen LogP contribution in [0, 0.1) is 0 Å². The van der Waals surface area contributed by atoms with Crippen molar-refractivity contribution in [3.05, 3.63) is 23.4 Å². The summed E-state index contributed by atoms with van der Waals surface area (Å²) in [6.07, 6.45) is 2.15. The topological polar surface area (TPSA) is 43.4 Å². The molecule has 0 aromatic carbocycles. The van der Waals surface area contributed by atoms with Crippen molar-refractivity contribution in [1.82, 2.24) is 10.3 Å². The van der Waals surface area contributed by atoms with Gasteiger partial charge in [0.2, 0.25) is 5.88 Å². The van der Waals surface area contributed by atoms with Gasteiger partial charge in [0, 0.05) is 43.5 Å². The minimum atomic E-state index is 0.536. The Morgan fingerprint density at radius 2 is 2.06 bits per heavy atom. The molecule has 92 valence electrons. The number of ether oxygens (including phenoxy) is 2. The van der Waals surface area contributed by atoms with E-state index in [1.54, 1.807) is 0 Å². The van der Waals surface area contributed by atoms with E-state index in [9.17, 15) is 0 Å². The SMILES string of the molecule is c1cc2c(nc1C1CCOCC1)OCCNC2. The van der Waals surface area contributed by atoms with Gasteiger partial charge in [-0.15, -0.1) is 0 Å². The van der Waals surface area contributed by atoms with E-state index in [-0.39, 0.29) is 0 Å². The smallest absolute Gasteiger partial charge is 0.218 e. The maximum absolute atomic E-state index is 5.68. The Kier molecular flexibility index (Phi) is 3.25. The van der Waals surface area contributed by atoms with Crippen molar-refractivity contribution in [3.8, 4) is 5.88 Å². The van der Waals surface area contributed by atoms with Crippen molar-refractivity contribution in [2.24, 2.45) is 0 Å². The van der Waals surface area contributed by atoms with E-state index in [1.165, 1.54) is 5.56 Å². The minimum absolute atomic E-state index is 0.536. The maximum Gasteiger partial charge on any atom is 0.218 e. The molecule has 17 heavy (non-hydrogen) atoms. The summed E-state index contributed by atoms with van der Waals surface area (Å²) in [5.41, 5.74) is 2.33. The largest absolute Gasteiger partial charge is 0.476 e. The molecule has 0 bridgehead atoms. The van der Waals surface area contributed by atoms with Crippen LogP contribution in [0.2, 0.25) is 0 Å². The first-order valence-electron chi connectivity index (χ1n) is 6.34. The van der Waals surface area contributed by atoms with Crippen LogP contribution >= 0.6 is 0 Å². The van der Waals surface area contributed by atoms with Crippen molar-refractivity contribution in [2.75, 3.05) is 26.4 Å². The molecule has 0 spiro atoms. The molecule has 1 aromatic heterocycles. The molecule has 1 fully saturated rings. The molecular weight excluding hydrogens is 216 g/mol. The number of nitrogens with one attached hydrogen (secondary N) is 1. The van der Waals surface area contributed by atoms with Crippen molar-refractivity contribution < 1.29 is 9.47 Å². The molecule has 0 radical (unpaired) electrons. The van der Waals surface area contributed by atoms with Crippen molar-refractivity contribution >= 4 is 0 Å². The van der Waals surface area contributed by atoms with Crippen LogP contribution in [0.15, 0.2) is 12.1 Å². The van der Waals surface area contributed by atoms with Gasteiger partial charge in [-0.25, -0.2) is 4.98 Å². The van der Waals surface area contributed by atoms with Gasteiger partial charge in [-0.2, -0.15) is 0 Å². The van der Waals surface area contributed by atoms with Gasteiger partial charge < -0.3 is 14.8 Å². The monoisotopic (exact) mass is 234 g/mol. The van der Waals surface area contributed by atoms with Crippen molar-refractivity contribution in [2.45, 2.75) is 25.3 Å². The van der Waals surface area contributed by atoms with Crippen LogP contribution in [0.5, 0.6) is 5.88 Å². The summed E-state index contributed by atoms with van der Waals surface area (Å²) in [6.45, 7) is 4.16. The third-order valence-electron chi connectivity index (χ3n) is 3.43. The summed E-state index contributed by atoms with van der Waals surface area (Å²) in [6, 6.07) is 4.29. The van der Waals surface area contributed by atoms with Gasteiger partial charge in [0.05, 0.1) is 0 Å². The normalized spacial score (nSPS) is 21.4. The van der Waals surface area contributed by atoms with Crippen molar-refractivity contribution in [3.63, 3.8) is 0 Å². The Balaban J connectivity index is 1.83. The molecule has 1 N–H and O–H groups in total. The second kappa shape index (κ2) is 5.02. The maximum atomic E-state index is 5.68. The molecule has 0 aliphatic carbocycles. The molecule has 1 saturated heterocycles. The molecule has 3 rings (SSSR count). The quantitative estimate of drug-likeness (QED) is 0.799. The fourth-order valence-electron chi connectivity index (χ4n) is 2.41. The summed E-state index contributed by atoms with van der Waals surface area (Å²) in [5, 5.41) is 3.32. The van der Waals surface area contributed by atoms with E-state index < -0.39 is 0 Å². The molecule has 3 heterocycles. The molecule has 1 aromatic rings. The highest BCUT2D eigenvalue weighted by molar-refractivity contribution is 5.30. The summed E-state index contributed by atoms with van der Waals surface area (Å²) in [7, 11) is 0. The standard InChI is InChI=1S/C13H18N2O2/c1-2-12(10-3-6-16-7-4-10)15-13-11(1)9-14-5-8-17-13/h1-2,10,14H,3-9H2. The molecule has 0 unspecified atom stereocenters. The lowest BCUT2D eigenvalue weighted by molar-refractivity contribution is 0.0843. The zero-order valence-corrected chi connectivity index (χ0v) is 9.95. The lowest BCUT2D eigenvalue weighted by Crippen LogP contribution is -2.16. The Morgan fingerprint density at radius 1 is 1.18 bits per heavy atom. The summed E-state index contributed by atoms with van der Waals surface area (Å²) in [4.78, 5) is 4.68. The Morgan fingerprint density at radius 3 is 2.94 bits per heavy atom. The predicted octanol–water partition coefficient (Wildman–Crippen LogP) is 1.46. The molecule has 2 aliphatic heterocycles. The predicted molar refractivity (Wildman–Crippen MR) is 64.2 cm³/mol. The number of hydrogen-bond acceptors (Lipinski definition) is 4. The van der Waals surface area contributed by atoms with E-state index in [2.05, 4.69) is 22.4 Å². The van der Waals surface area contributed by atoms with Gasteiger partial charge in [-0.3, -0.25) is 0 Å². The molecule has 0 atom stereocenters. The van der Waals surface area contributed by atoms with Crippen LogP contribution in [-0.4, -0.2) is 31.3 Å². The van der Waals surface area contributed by atoms with Gasteiger partial charge in [0.15, 0.2) is 0 Å². The van der Waals surface area contributed by atoms with E-state index in [0.29, 0.717) is 12.5 Å². The third-order valence-corrected chi connectivity index (χ3v) is 3.43. The van der Waals surface area contributed by atoms with Gasteiger partial charge in [-0.05, 0) is 18.9 Å². The number of aromatic nitrogens is 1. The first-order valence-corrected chi connectivity index (χ1v) is 6.34. The number of rotatable bonds is 1. The molecule has 0 amide bonds. The number of nitrogens with zero attached hydrogens (tertiary/aromatic N) is 1. The van der Waals surface area contributed by atoms with E-state index >= 15 is 0 Å². The van der Waals surface area contributed by atoms with Crippen LogP contribution in [0.1, 0.15) is 30.0 Å². The van der Waals surface area contributed by atoms with Crippen LogP contribution in [0.3, 0.4) is 0 Å².